The van der Waals surface area contributed by atoms with E-state index in [4.69, 9.17) is 0 Å². The number of unbranched alkanes of at least 4 members (excludes halogenated alkanes) is 15. The van der Waals surface area contributed by atoms with Crippen molar-refractivity contribution >= 4 is 17.8 Å². The number of rotatable bonds is 17. The Morgan fingerprint density at radius 2 is 0.750 bits per heavy atom. The lowest BCUT2D eigenvalue weighted by Crippen LogP contribution is -2.24. The van der Waals surface area contributed by atoms with E-state index in [1.54, 1.807) is 0 Å². The zero-order valence-electron chi connectivity index (χ0n) is 17.1. The smallest absolute Gasteiger partial charge is 0.166 e. The molecular formula is C20H37F6PS. The van der Waals surface area contributed by atoms with E-state index >= 15 is 0 Å². The van der Waals surface area contributed by atoms with Crippen LogP contribution in [0.1, 0.15) is 110 Å². The highest BCUT2D eigenvalue weighted by atomic mass is 32.4. The number of halogens is 6. The molecule has 0 aliphatic heterocycles. The van der Waals surface area contributed by atoms with Gasteiger partial charge in [0.15, 0.2) is 6.04 Å². The van der Waals surface area contributed by atoms with Crippen LogP contribution in [0.2, 0.25) is 0 Å². The summed E-state index contributed by atoms with van der Waals surface area (Å²) >= 11 is 4.04. The molecule has 0 heterocycles. The molecule has 0 N–H and O–H groups in total. The minimum absolute atomic E-state index is 0.0887. The van der Waals surface area contributed by atoms with Crippen LogP contribution in [0.5, 0.6) is 0 Å². The van der Waals surface area contributed by atoms with Gasteiger partial charge in [0, 0.05) is 0 Å². The van der Waals surface area contributed by atoms with Crippen molar-refractivity contribution in [3.63, 3.8) is 0 Å². The Hall–Kier alpha value is 0.230. The molecule has 8 heteroatoms. The summed E-state index contributed by atoms with van der Waals surface area (Å²) in [4.78, 5) is 0. The standard InChI is InChI=1S/C20H37F6PS/c1-2-3-4-5-6-7-8-9-10-11-12-13-14-15-16-17-18-27(28,19(21,22)23)20(24,25)26/h2-18H2,1H3. The molecular weight excluding hydrogens is 417 g/mol. The van der Waals surface area contributed by atoms with Crippen molar-refractivity contribution in [1.82, 2.24) is 0 Å². The molecule has 0 fully saturated rings. The maximum absolute atomic E-state index is 12.7. The van der Waals surface area contributed by atoms with E-state index in [0.29, 0.717) is 12.8 Å². The fourth-order valence-corrected chi connectivity index (χ4v) is 5.13. The van der Waals surface area contributed by atoms with Gasteiger partial charge in [-0.1, -0.05) is 115 Å². The van der Waals surface area contributed by atoms with Crippen LogP contribution in [-0.2, 0) is 11.8 Å². The molecule has 0 saturated heterocycles. The molecule has 0 unspecified atom stereocenters. The van der Waals surface area contributed by atoms with Gasteiger partial charge in [-0.05, 0) is 12.6 Å². The van der Waals surface area contributed by atoms with E-state index in [1.165, 1.54) is 64.2 Å². The molecule has 0 radical (unpaired) electrons. The Balaban J connectivity index is 3.57. The predicted molar refractivity (Wildman–Crippen MR) is 111 cm³/mol. The topological polar surface area (TPSA) is 0 Å². The van der Waals surface area contributed by atoms with Gasteiger partial charge in [-0.25, -0.2) is 0 Å². The third-order valence-electron chi connectivity index (χ3n) is 5.15. The maximum Gasteiger partial charge on any atom is 0.422 e. The molecule has 0 amide bonds. The Morgan fingerprint density at radius 1 is 0.500 bits per heavy atom. The summed E-state index contributed by atoms with van der Waals surface area (Å²) < 4.78 is 76.3. The molecule has 0 aromatic rings. The Bertz CT molecular complexity index is 402. The van der Waals surface area contributed by atoms with Gasteiger partial charge in [-0.15, -0.1) is 0 Å². The average molecular weight is 455 g/mol. The van der Waals surface area contributed by atoms with Crippen LogP contribution < -0.4 is 0 Å². The Kier molecular flexibility index (Phi) is 15.2. The monoisotopic (exact) mass is 454 g/mol. The van der Waals surface area contributed by atoms with E-state index in [9.17, 15) is 26.3 Å². The van der Waals surface area contributed by atoms with E-state index in [-0.39, 0.29) is 6.42 Å². The fourth-order valence-electron chi connectivity index (χ4n) is 3.28. The number of hydrogen-bond donors (Lipinski definition) is 0. The van der Waals surface area contributed by atoms with Gasteiger partial charge >= 0.3 is 11.8 Å². The van der Waals surface area contributed by atoms with E-state index < -0.39 is 24.0 Å². The average Bonchev–Trinajstić information content (AvgIpc) is 2.59. The van der Waals surface area contributed by atoms with Crippen molar-refractivity contribution in [3.8, 4) is 0 Å². The largest absolute Gasteiger partial charge is 0.422 e. The Morgan fingerprint density at radius 3 is 1.00 bits per heavy atom. The summed E-state index contributed by atoms with van der Waals surface area (Å²) in [5, 5.41) is 0. The normalized spacial score (nSPS) is 13.2. The van der Waals surface area contributed by atoms with Gasteiger partial charge in [0.05, 0.1) is 0 Å². The molecule has 0 nitrogen and oxygen atoms in total. The summed E-state index contributed by atoms with van der Waals surface area (Å²) in [6.07, 6.45) is 15.9. The number of alkyl halides is 6. The van der Waals surface area contributed by atoms with Crippen molar-refractivity contribution in [3.05, 3.63) is 0 Å². The highest BCUT2D eigenvalue weighted by Gasteiger charge is 2.62. The molecule has 0 aromatic heterocycles. The van der Waals surface area contributed by atoms with Crippen molar-refractivity contribution in [2.45, 2.75) is 121 Å². The molecule has 0 aliphatic rings. The van der Waals surface area contributed by atoms with Gasteiger partial charge in [-0.2, -0.15) is 26.3 Å². The molecule has 0 saturated carbocycles. The number of hydrogen-bond acceptors (Lipinski definition) is 1. The van der Waals surface area contributed by atoms with E-state index in [1.807, 2.05) is 0 Å². The highest BCUT2D eigenvalue weighted by molar-refractivity contribution is 8.15. The first-order valence-corrected chi connectivity index (χ1v) is 13.8. The summed E-state index contributed by atoms with van der Waals surface area (Å²) in [6.45, 7) is 2.22. The van der Waals surface area contributed by atoms with Crippen molar-refractivity contribution < 1.29 is 26.3 Å². The fraction of sp³-hybridized carbons (Fsp3) is 1.00. The van der Waals surface area contributed by atoms with Crippen LogP contribution in [0, 0.1) is 0 Å². The van der Waals surface area contributed by atoms with Crippen LogP contribution in [-0.4, -0.2) is 18.0 Å². The molecule has 0 spiro atoms. The molecule has 0 atom stereocenters. The van der Waals surface area contributed by atoms with E-state index in [0.717, 1.165) is 19.3 Å². The van der Waals surface area contributed by atoms with Crippen LogP contribution in [0.4, 0.5) is 26.3 Å². The van der Waals surface area contributed by atoms with Gasteiger partial charge in [0.1, 0.15) is 0 Å². The van der Waals surface area contributed by atoms with E-state index in [2.05, 4.69) is 18.7 Å². The first kappa shape index (κ1) is 28.2. The van der Waals surface area contributed by atoms with Crippen LogP contribution >= 0.6 is 6.04 Å². The summed E-state index contributed by atoms with van der Waals surface area (Å²) in [5.41, 5.74) is 0. The maximum atomic E-state index is 12.7. The van der Waals surface area contributed by atoms with Gasteiger partial charge in [0.2, 0.25) is 0 Å². The van der Waals surface area contributed by atoms with Crippen molar-refractivity contribution in [1.29, 1.82) is 0 Å². The lowest BCUT2D eigenvalue weighted by Gasteiger charge is -2.26. The lowest BCUT2D eigenvalue weighted by molar-refractivity contribution is -0.0844. The lowest BCUT2D eigenvalue weighted by atomic mass is 10.0. The SMILES string of the molecule is CCCCCCCCCCCCCCCCCCP(=S)(C(F)(F)F)C(F)(F)F. The third kappa shape index (κ3) is 12.0. The molecule has 0 bridgehead atoms. The van der Waals surface area contributed by atoms with Gasteiger partial charge < -0.3 is 0 Å². The predicted octanol–water partition coefficient (Wildman–Crippen LogP) is 9.77. The summed E-state index contributed by atoms with van der Waals surface area (Å²) in [6, 6.07) is -5.34. The zero-order chi connectivity index (χ0) is 21.5. The molecule has 0 rings (SSSR count). The quantitative estimate of drug-likeness (QED) is 0.120. The van der Waals surface area contributed by atoms with Gasteiger partial charge in [0.25, 0.3) is 0 Å². The second-order valence-corrected chi connectivity index (χ2v) is 12.5. The van der Waals surface area contributed by atoms with Crippen molar-refractivity contribution in [2.24, 2.45) is 0 Å². The molecule has 0 aromatic carbocycles. The first-order chi connectivity index (χ1) is 13.1. The minimum Gasteiger partial charge on any atom is -0.166 e. The van der Waals surface area contributed by atoms with Crippen molar-refractivity contribution in [2.75, 3.05) is 6.16 Å². The minimum atomic E-state index is -5.34. The highest BCUT2D eigenvalue weighted by Crippen LogP contribution is 2.71. The third-order valence-corrected chi connectivity index (χ3v) is 9.52. The summed E-state index contributed by atoms with van der Waals surface area (Å²) in [5.74, 6) is -10.6. The molecule has 28 heavy (non-hydrogen) atoms. The molecule has 0 aliphatic carbocycles. The van der Waals surface area contributed by atoms with Gasteiger partial charge in [-0.3, -0.25) is 0 Å². The van der Waals surface area contributed by atoms with Crippen LogP contribution in [0.15, 0.2) is 0 Å². The molecule has 170 valence electrons. The Labute approximate surface area is 172 Å². The zero-order valence-corrected chi connectivity index (χ0v) is 18.9. The second kappa shape index (κ2) is 15.1. The first-order valence-electron chi connectivity index (χ1n) is 10.8. The van der Waals surface area contributed by atoms with Crippen LogP contribution in [0.25, 0.3) is 0 Å². The van der Waals surface area contributed by atoms with Crippen LogP contribution in [0.3, 0.4) is 0 Å². The second-order valence-electron chi connectivity index (χ2n) is 7.70. The summed E-state index contributed by atoms with van der Waals surface area (Å²) in [7, 11) is 0.